The summed E-state index contributed by atoms with van der Waals surface area (Å²) in [4.78, 5) is 26.8. The van der Waals surface area contributed by atoms with E-state index in [4.69, 9.17) is 4.74 Å². The van der Waals surface area contributed by atoms with Crippen LogP contribution in [0.4, 0.5) is 10.6 Å². The van der Waals surface area contributed by atoms with Gasteiger partial charge >= 0.3 is 12.1 Å². The van der Waals surface area contributed by atoms with Crippen molar-refractivity contribution >= 4 is 17.9 Å². The van der Waals surface area contributed by atoms with Gasteiger partial charge in [-0.25, -0.2) is 9.59 Å². The van der Waals surface area contributed by atoms with Crippen LogP contribution in [0.1, 0.15) is 31.1 Å². The minimum atomic E-state index is -1.00. The molecule has 2 heterocycles. The Balaban J connectivity index is 2.01. The van der Waals surface area contributed by atoms with Crippen LogP contribution in [-0.2, 0) is 11.8 Å². The van der Waals surface area contributed by atoms with E-state index in [0.29, 0.717) is 32.0 Å². The summed E-state index contributed by atoms with van der Waals surface area (Å²) in [6.07, 6.45) is 1.14. The molecule has 0 aromatic carbocycles. The van der Waals surface area contributed by atoms with Crippen LogP contribution in [0.2, 0.25) is 0 Å². The van der Waals surface area contributed by atoms with Gasteiger partial charge in [-0.15, -0.1) is 0 Å². The summed E-state index contributed by atoms with van der Waals surface area (Å²) in [5, 5.41) is 13.4. The van der Waals surface area contributed by atoms with Gasteiger partial charge in [-0.2, -0.15) is 5.10 Å². The molecule has 1 aromatic heterocycles. The van der Waals surface area contributed by atoms with Crippen molar-refractivity contribution in [1.82, 2.24) is 14.7 Å². The zero-order valence-electron chi connectivity index (χ0n) is 13.4. The third-order valence-electron chi connectivity index (χ3n) is 3.27. The van der Waals surface area contributed by atoms with Crippen LogP contribution in [0.3, 0.4) is 0 Å². The molecular formula is C14H22N4O4. The van der Waals surface area contributed by atoms with E-state index in [1.54, 1.807) is 11.9 Å². The number of carboxylic acids is 1. The molecule has 8 nitrogen and oxygen atoms in total. The van der Waals surface area contributed by atoms with Crippen molar-refractivity contribution in [2.45, 2.75) is 26.4 Å². The van der Waals surface area contributed by atoms with Gasteiger partial charge in [0.1, 0.15) is 11.2 Å². The first-order valence-corrected chi connectivity index (χ1v) is 7.17. The van der Waals surface area contributed by atoms with Gasteiger partial charge in [-0.3, -0.25) is 4.68 Å². The summed E-state index contributed by atoms with van der Waals surface area (Å²) >= 11 is 0. The monoisotopic (exact) mass is 310 g/mol. The number of aromatic nitrogens is 2. The first kappa shape index (κ1) is 16.1. The van der Waals surface area contributed by atoms with Crippen molar-refractivity contribution < 1.29 is 19.4 Å². The fourth-order valence-electron chi connectivity index (χ4n) is 2.29. The number of hydrogen-bond donors (Lipinski definition) is 1. The Labute approximate surface area is 129 Å². The highest BCUT2D eigenvalue weighted by molar-refractivity contribution is 5.93. The Morgan fingerprint density at radius 2 is 1.82 bits per heavy atom. The first-order chi connectivity index (χ1) is 10.2. The van der Waals surface area contributed by atoms with Crippen molar-refractivity contribution in [3.63, 3.8) is 0 Å². The van der Waals surface area contributed by atoms with Gasteiger partial charge < -0.3 is 19.6 Å². The number of aryl methyl sites for hydroxylation is 1. The van der Waals surface area contributed by atoms with Crippen molar-refractivity contribution in [1.29, 1.82) is 0 Å². The average molecular weight is 310 g/mol. The van der Waals surface area contributed by atoms with Gasteiger partial charge in [0.25, 0.3) is 0 Å². The number of ether oxygens (including phenoxy) is 1. The lowest BCUT2D eigenvalue weighted by atomic mass is 10.2. The molecule has 22 heavy (non-hydrogen) atoms. The van der Waals surface area contributed by atoms with E-state index in [1.807, 2.05) is 25.7 Å². The first-order valence-electron chi connectivity index (χ1n) is 7.17. The lowest BCUT2D eigenvalue weighted by Crippen LogP contribution is -2.50. The average Bonchev–Trinajstić information content (AvgIpc) is 2.79. The largest absolute Gasteiger partial charge is 0.477 e. The number of hydrogen-bond acceptors (Lipinski definition) is 5. The predicted octanol–water partition coefficient (Wildman–Crippen LogP) is 1.18. The van der Waals surface area contributed by atoms with Crippen LogP contribution in [0, 0.1) is 0 Å². The molecule has 1 fully saturated rings. The molecule has 0 saturated carbocycles. The van der Waals surface area contributed by atoms with Crippen LogP contribution in [0.15, 0.2) is 6.20 Å². The van der Waals surface area contributed by atoms with Crippen molar-refractivity contribution in [2.75, 3.05) is 31.1 Å². The molecule has 1 amide bonds. The molecule has 0 spiro atoms. The molecule has 1 aliphatic rings. The Morgan fingerprint density at radius 1 is 1.23 bits per heavy atom. The van der Waals surface area contributed by atoms with Crippen molar-refractivity contribution in [3.05, 3.63) is 11.8 Å². The van der Waals surface area contributed by atoms with Gasteiger partial charge in [-0.1, -0.05) is 0 Å². The molecule has 1 aliphatic heterocycles. The van der Waals surface area contributed by atoms with Gasteiger partial charge in [0.15, 0.2) is 5.82 Å². The number of amides is 1. The number of piperazine rings is 1. The molecule has 2 rings (SSSR count). The molecule has 122 valence electrons. The Hall–Kier alpha value is -2.25. The van der Waals surface area contributed by atoms with Gasteiger partial charge in [0, 0.05) is 39.4 Å². The van der Waals surface area contributed by atoms with Crippen molar-refractivity contribution in [3.8, 4) is 0 Å². The van der Waals surface area contributed by atoms with Gasteiger partial charge in [-0.05, 0) is 20.8 Å². The van der Waals surface area contributed by atoms with E-state index in [2.05, 4.69) is 5.10 Å². The summed E-state index contributed by atoms with van der Waals surface area (Å²) in [6.45, 7) is 7.48. The molecule has 1 aromatic rings. The number of carboxylic acid groups (broad SMARTS) is 1. The summed E-state index contributed by atoms with van der Waals surface area (Å²) < 4.78 is 6.82. The maximum atomic E-state index is 12.0. The fourth-order valence-corrected chi connectivity index (χ4v) is 2.29. The normalized spacial score (nSPS) is 15.8. The van der Waals surface area contributed by atoms with Crippen LogP contribution in [-0.4, -0.2) is 63.6 Å². The minimum Gasteiger partial charge on any atom is -0.477 e. The molecule has 1 saturated heterocycles. The number of anilines is 1. The molecule has 0 bridgehead atoms. The van der Waals surface area contributed by atoms with E-state index >= 15 is 0 Å². The third kappa shape index (κ3) is 3.69. The quantitative estimate of drug-likeness (QED) is 0.882. The molecule has 1 N–H and O–H groups in total. The fraction of sp³-hybridized carbons (Fsp3) is 0.643. The second kappa shape index (κ2) is 5.86. The molecule has 0 atom stereocenters. The van der Waals surface area contributed by atoms with Gasteiger partial charge in [0.2, 0.25) is 0 Å². The summed E-state index contributed by atoms with van der Waals surface area (Å²) in [5.74, 6) is -0.559. The van der Waals surface area contributed by atoms with Crippen LogP contribution < -0.4 is 4.90 Å². The number of aromatic carboxylic acids is 1. The van der Waals surface area contributed by atoms with E-state index < -0.39 is 11.6 Å². The molecular weight excluding hydrogens is 288 g/mol. The maximum Gasteiger partial charge on any atom is 0.410 e. The highest BCUT2D eigenvalue weighted by atomic mass is 16.6. The highest BCUT2D eigenvalue weighted by Gasteiger charge is 2.28. The van der Waals surface area contributed by atoms with Crippen LogP contribution in [0.25, 0.3) is 0 Å². The smallest absolute Gasteiger partial charge is 0.410 e. The minimum absolute atomic E-state index is 0.174. The van der Waals surface area contributed by atoms with E-state index in [-0.39, 0.29) is 11.7 Å². The van der Waals surface area contributed by atoms with E-state index in [1.165, 1.54) is 10.9 Å². The summed E-state index contributed by atoms with van der Waals surface area (Å²) in [6, 6.07) is 0. The second-order valence-electron chi connectivity index (χ2n) is 6.30. The van der Waals surface area contributed by atoms with Gasteiger partial charge in [0.05, 0.1) is 0 Å². The lowest BCUT2D eigenvalue weighted by molar-refractivity contribution is 0.0239. The van der Waals surface area contributed by atoms with E-state index in [9.17, 15) is 14.7 Å². The Morgan fingerprint density at radius 3 is 2.32 bits per heavy atom. The molecule has 8 heteroatoms. The molecule has 0 radical (unpaired) electrons. The number of carbonyl (C=O) groups excluding carboxylic acids is 1. The maximum absolute atomic E-state index is 12.0. The van der Waals surface area contributed by atoms with Crippen LogP contribution in [0.5, 0.6) is 0 Å². The number of nitrogens with zero attached hydrogens (tertiary/aromatic N) is 4. The Kier molecular flexibility index (Phi) is 4.30. The van der Waals surface area contributed by atoms with Crippen molar-refractivity contribution in [2.24, 2.45) is 7.05 Å². The van der Waals surface area contributed by atoms with Crippen LogP contribution >= 0.6 is 0 Å². The zero-order chi connectivity index (χ0) is 16.5. The topological polar surface area (TPSA) is 87.9 Å². The number of rotatable bonds is 2. The predicted molar refractivity (Wildman–Crippen MR) is 80.2 cm³/mol. The summed E-state index contributed by atoms with van der Waals surface area (Å²) in [7, 11) is 1.69. The molecule has 0 unspecified atom stereocenters. The second-order valence-corrected chi connectivity index (χ2v) is 6.30. The lowest BCUT2D eigenvalue weighted by Gasteiger charge is -2.35. The summed E-state index contributed by atoms with van der Waals surface area (Å²) in [5.41, 5.74) is -0.348. The number of carbonyl (C=O) groups is 2. The third-order valence-corrected chi connectivity index (χ3v) is 3.27. The zero-order valence-corrected chi connectivity index (χ0v) is 13.4. The Bertz CT molecular complexity index is 568. The standard InChI is InChI=1S/C14H22N4O4/c1-14(2,3)22-13(21)18-7-5-17(6-8-18)11-10(12(19)20)9-16(4)15-11/h9H,5-8H2,1-4H3,(H,19,20). The highest BCUT2D eigenvalue weighted by Crippen LogP contribution is 2.20. The van der Waals surface area contributed by atoms with E-state index in [0.717, 1.165) is 0 Å². The SMILES string of the molecule is Cn1cc(C(=O)O)c(N2CCN(C(=O)OC(C)(C)C)CC2)n1. The molecule has 0 aliphatic carbocycles.